The van der Waals surface area contributed by atoms with Crippen LogP contribution in [0.25, 0.3) is 0 Å². The number of rotatable bonds is 2. The zero-order valence-corrected chi connectivity index (χ0v) is 11.6. The normalized spacial score (nSPS) is 12.9. The van der Waals surface area contributed by atoms with Gasteiger partial charge in [-0.05, 0) is 39.5 Å². The van der Waals surface area contributed by atoms with Gasteiger partial charge in [0.1, 0.15) is 0 Å². The van der Waals surface area contributed by atoms with Gasteiger partial charge >= 0.3 is 0 Å². The van der Waals surface area contributed by atoms with Gasteiger partial charge in [0.15, 0.2) is 0 Å². The van der Waals surface area contributed by atoms with Crippen LogP contribution in [0.5, 0.6) is 0 Å². The summed E-state index contributed by atoms with van der Waals surface area (Å²) in [6, 6.07) is 0. The Kier molecular flexibility index (Phi) is 7.68. The SMILES string of the molecule is C=C/C(C)=C\CC(C)(C)C.CC(C)(C)N. The molecular weight excluding hydrogens is 182 g/mol. The van der Waals surface area contributed by atoms with E-state index >= 15 is 0 Å². The molecule has 90 valence electrons. The lowest BCUT2D eigenvalue weighted by Gasteiger charge is -2.14. The molecule has 0 aliphatic carbocycles. The highest BCUT2D eigenvalue weighted by atomic mass is 14.7. The second-order valence-corrected chi connectivity index (χ2v) is 6.28. The molecule has 0 aromatic rings. The maximum atomic E-state index is 5.35. The van der Waals surface area contributed by atoms with Crippen molar-refractivity contribution in [2.75, 3.05) is 0 Å². The van der Waals surface area contributed by atoms with Crippen LogP contribution < -0.4 is 5.73 Å². The Morgan fingerprint density at radius 2 is 1.47 bits per heavy atom. The zero-order chi connectivity index (χ0) is 12.7. The first kappa shape index (κ1) is 16.9. The lowest BCUT2D eigenvalue weighted by atomic mass is 9.91. The van der Waals surface area contributed by atoms with E-state index in [1.807, 2.05) is 26.8 Å². The molecule has 0 aliphatic heterocycles. The summed E-state index contributed by atoms with van der Waals surface area (Å²) in [4.78, 5) is 0. The first-order chi connectivity index (χ1) is 6.45. The minimum Gasteiger partial charge on any atom is -0.326 e. The van der Waals surface area contributed by atoms with Crippen LogP contribution in [-0.4, -0.2) is 5.54 Å². The van der Waals surface area contributed by atoms with E-state index in [2.05, 4.69) is 40.3 Å². The molecule has 0 amide bonds. The summed E-state index contributed by atoms with van der Waals surface area (Å²) in [5.74, 6) is 0. The summed E-state index contributed by atoms with van der Waals surface area (Å²) in [5, 5.41) is 0. The molecule has 0 heterocycles. The quantitative estimate of drug-likeness (QED) is 0.677. The first-order valence-corrected chi connectivity index (χ1v) is 5.54. The highest BCUT2D eigenvalue weighted by Gasteiger charge is 2.06. The predicted octanol–water partition coefficient (Wildman–Crippen LogP) is 4.30. The van der Waals surface area contributed by atoms with Crippen LogP contribution in [-0.2, 0) is 0 Å². The molecule has 1 heteroatoms. The lowest BCUT2D eigenvalue weighted by molar-refractivity contribution is 0.420. The van der Waals surface area contributed by atoms with Crippen LogP contribution in [0.3, 0.4) is 0 Å². The maximum Gasteiger partial charge on any atom is 0.00686 e. The van der Waals surface area contributed by atoms with Crippen molar-refractivity contribution in [3.8, 4) is 0 Å². The van der Waals surface area contributed by atoms with Crippen molar-refractivity contribution < 1.29 is 0 Å². The summed E-state index contributed by atoms with van der Waals surface area (Å²) in [7, 11) is 0. The minimum atomic E-state index is 0. The number of hydrogen-bond acceptors (Lipinski definition) is 1. The molecule has 0 saturated heterocycles. The lowest BCUT2D eigenvalue weighted by Crippen LogP contribution is -2.26. The van der Waals surface area contributed by atoms with Gasteiger partial charge in [0.25, 0.3) is 0 Å². The Morgan fingerprint density at radius 3 is 1.67 bits per heavy atom. The number of allylic oxidation sites excluding steroid dienone is 3. The third-order valence-electron chi connectivity index (χ3n) is 1.36. The van der Waals surface area contributed by atoms with Gasteiger partial charge in [-0.1, -0.05) is 45.1 Å². The summed E-state index contributed by atoms with van der Waals surface area (Å²) in [6.45, 7) is 18.4. The van der Waals surface area contributed by atoms with E-state index in [-0.39, 0.29) is 5.54 Å². The van der Waals surface area contributed by atoms with Crippen LogP contribution in [0.1, 0.15) is 54.9 Å². The smallest absolute Gasteiger partial charge is 0.00686 e. The fourth-order valence-electron chi connectivity index (χ4n) is 0.551. The monoisotopic (exact) mass is 211 g/mol. The summed E-state index contributed by atoms with van der Waals surface area (Å²) in [5.41, 5.74) is 7.03. The molecule has 0 aliphatic rings. The van der Waals surface area contributed by atoms with Crippen molar-refractivity contribution in [3.63, 3.8) is 0 Å². The Balaban J connectivity index is 0. The van der Waals surface area contributed by atoms with Gasteiger partial charge in [-0.2, -0.15) is 0 Å². The van der Waals surface area contributed by atoms with Crippen LogP contribution in [0, 0.1) is 5.41 Å². The van der Waals surface area contributed by atoms with Crippen molar-refractivity contribution in [2.24, 2.45) is 11.1 Å². The van der Waals surface area contributed by atoms with Crippen molar-refractivity contribution in [1.82, 2.24) is 0 Å². The second-order valence-electron chi connectivity index (χ2n) is 6.28. The molecule has 0 unspecified atom stereocenters. The highest BCUT2D eigenvalue weighted by molar-refractivity contribution is 5.12. The molecule has 15 heavy (non-hydrogen) atoms. The molecular formula is C14H29N. The molecule has 0 bridgehead atoms. The van der Waals surface area contributed by atoms with Crippen LogP contribution >= 0.6 is 0 Å². The van der Waals surface area contributed by atoms with Gasteiger partial charge in [0, 0.05) is 5.54 Å². The number of nitrogens with two attached hydrogens (primary N) is 1. The van der Waals surface area contributed by atoms with E-state index < -0.39 is 0 Å². The summed E-state index contributed by atoms with van der Waals surface area (Å²) in [6.07, 6.45) is 5.25. The van der Waals surface area contributed by atoms with E-state index in [0.29, 0.717) is 5.41 Å². The van der Waals surface area contributed by atoms with Crippen molar-refractivity contribution in [1.29, 1.82) is 0 Å². The topological polar surface area (TPSA) is 26.0 Å². The van der Waals surface area contributed by atoms with Crippen LogP contribution in [0.15, 0.2) is 24.3 Å². The molecule has 0 spiro atoms. The van der Waals surface area contributed by atoms with E-state index in [0.717, 1.165) is 6.42 Å². The van der Waals surface area contributed by atoms with Gasteiger partial charge in [0.2, 0.25) is 0 Å². The third kappa shape index (κ3) is 31.8. The molecule has 1 nitrogen and oxygen atoms in total. The Bertz CT molecular complexity index is 192. The zero-order valence-electron chi connectivity index (χ0n) is 11.6. The fraction of sp³-hybridized carbons (Fsp3) is 0.714. The van der Waals surface area contributed by atoms with Crippen LogP contribution in [0.4, 0.5) is 0 Å². The molecule has 0 atom stereocenters. The molecule has 0 radical (unpaired) electrons. The summed E-state index contributed by atoms with van der Waals surface area (Å²) >= 11 is 0. The minimum absolute atomic E-state index is 0. The predicted molar refractivity (Wildman–Crippen MR) is 72.0 cm³/mol. The molecule has 0 rings (SSSR count). The molecule has 0 aromatic heterocycles. The van der Waals surface area contributed by atoms with Crippen molar-refractivity contribution in [2.45, 2.75) is 60.4 Å². The van der Waals surface area contributed by atoms with Crippen molar-refractivity contribution in [3.05, 3.63) is 24.3 Å². The second kappa shape index (κ2) is 6.84. The molecule has 0 aromatic carbocycles. The van der Waals surface area contributed by atoms with Gasteiger partial charge in [0.05, 0.1) is 0 Å². The fourth-order valence-corrected chi connectivity index (χ4v) is 0.551. The van der Waals surface area contributed by atoms with Gasteiger partial charge < -0.3 is 5.73 Å². The van der Waals surface area contributed by atoms with E-state index in [1.54, 1.807) is 0 Å². The average molecular weight is 211 g/mol. The Labute approximate surface area is 96.5 Å². The maximum absolute atomic E-state index is 5.35. The number of hydrogen-bond donors (Lipinski definition) is 1. The summed E-state index contributed by atoms with van der Waals surface area (Å²) < 4.78 is 0. The van der Waals surface area contributed by atoms with Gasteiger partial charge in [-0.15, -0.1) is 0 Å². The first-order valence-electron chi connectivity index (χ1n) is 5.54. The molecule has 2 N–H and O–H groups in total. The highest BCUT2D eigenvalue weighted by Crippen LogP contribution is 2.19. The Morgan fingerprint density at radius 1 is 1.13 bits per heavy atom. The van der Waals surface area contributed by atoms with Gasteiger partial charge in [-0.25, -0.2) is 0 Å². The third-order valence-corrected chi connectivity index (χ3v) is 1.36. The Hall–Kier alpha value is -0.560. The van der Waals surface area contributed by atoms with Gasteiger partial charge in [-0.3, -0.25) is 0 Å². The average Bonchev–Trinajstić information content (AvgIpc) is 1.95. The van der Waals surface area contributed by atoms with E-state index in [4.69, 9.17) is 5.73 Å². The molecule has 0 saturated carbocycles. The van der Waals surface area contributed by atoms with E-state index in [9.17, 15) is 0 Å². The van der Waals surface area contributed by atoms with Crippen molar-refractivity contribution >= 4 is 0 Å². The largest absolute Gasteiger partial charge is 0.326 e. The standard InChI is InChI=1S/C10H18.C4H11N/c1-6-9(2)7-8-10(3,4)5;1-4(2,3)5/h6-7H,1,8H2,2-5H3;5H2,1-3H3/b9-7-;. The molecule has 0 fully saturated rings. The van der Waals surface area contributed by atoms with E-state index in [1.165, 1.54) is 5.57 Å². The van der Waals surface area contributed by atoms with Crippen LogP contribution in [0.2, 0.25) is 0 Å².